The summed E-state index contributed by atoms with van der Waals surface area (Å²) in [7, 11) is 0. The molecule has 0 bridgehead atoms. The zero-order valence-corrected chi connectivity index (χ0v) is 24.1. The van der Waals surface area contributed by atoms with Gasteiger partial charge in [-0.3, -0.25) is 4.79 Å². The second-order valence-corrected chi connectivity index (χ2v) is 14.0. The number of carbonyl (C=O) groups is 1. The van der Waals surface area contributed by atoms with Gasteiger partial charge in [0.05, 0.1) is 17.9 Å². The molecule has 0 aliphatic heterocycles. The van der Waals surface area contributed by atoms with E-state index in [2.05, 4.69) is 73.6 Å². The number of aliphatic hydroxyl groups is 1. The van der Waals surface area contributed by atoms with Crippen LogP contribution < -0.4 is 0 Å². The lowest BCUT2D eigenvalue weighted by Gasteiger charge is -2.46. The average Bonchev–Trinajstić information content (AvgIpc) is 3.11. The smallest absolute Gasteiger partial charge is 0.149 e. The van der Waals surface area contributed by atoms with Crippen molar-refractivity contribution >= 4 is 5.78 Å². The molecule has 0 saturated heterocycles. The van der Waals surface area contributed by atoms with Crippen molar-refractivity contribution in [1.29, 1.82) is 0 Å². The first-order chi connectivity index (χ1) is 17.0. The Morgan fingerprint density at radius 3 is 2.39 bits per heavy atom. The van der Waals surface area contributed by atoms with Gasteiger partial charge in [0, 0.05) is 5.92 Å². The van der Waals surface area contributed by atoms with E-state index < -0.39 is 6.10 Å². The first-order valence-corrected chi connectivity index (χ1v) is 15.0. The van der Waals surface area contributed by atoms with Crippen LogP contribution in [0.5, 0.6) is 0 Å². The number of fused-ring (bicyclic) bond motifs is 2. The third kappa shape index (κ3) is 4.14. The Bertz CT molecular complexity index is 1020. The van der Waals surface area contributed by atoms with Gasteiger partial charge >= 0.3 is 0 Å². The van der Waals surface area contributed by atoms with Crippen LogP contribution in [0.1, 0.15) is 87.5 Å². The fourth-order valence-corrected chi connectivity index (χ4v) is 8.97. The van der Waals surface area contributed by atoms with Gasteiger partial charge in [-0.2, -0.15) is 0 Å². The van der Waals surface area contributed by atoms with E-state index in [4.69, 9.17) is 0 Å². The van der Waals surface area contributed by atoms with Gasteiger partial charge in [-0.25, -0.2) is 0 Å². The lowest BCUT2D eigenvalue weighted by molar-refractivity contribution is -0.153. The van der Waals surface area contributed by atoms with Crippen LogP contribution in [-0.2, 0) is 4.79 Å². The van der Waals surface area contributed by atoms with E-state index in [9.17, 15) is 9.90 Å². The molecule has 2 fully saturated rings. The molecule has 0 aromatic heterocycles. The molecule has 2 nitrogen and oxygen atoms in total. The molecule has 5 rings (SSSR count). The van der Waals surface area contributed by atoms with Gasteiger partial charge in [-0.1, -0.05) is 88.5 Å². The molecule has 0 heterocycles. The van der Waals surface area contributed by atoms with Gasteiger partial charge in [-0.15, -0.1) is 0 Å². The summed E-state index contributed by atoms with van der Waals surface area (Å²) in [5, 5.41) is 11.7. The lowest BCUT2D eigenvalue weighted by Crippen LogP contribution is -2.57. The average molecular weight is 491 g/mol. The van der Waals surface area contributed by atoms with Crippen molar-refractivity contribution in [3.8, 4) is 0 Å². The number of hydrogen-bond donors (Lipinski definition) is 1. The molecule has 10 unspecified atom stereocenters. The SMILES string of the molecule is CC1=CC(C2C(=O)C(C3C=C(C)C4CC(C(C)C)CCC(C)C43)C2O)=C2C(C)CC=C(C(C)C)CC12. The maximum atomic E-state index is 14.0. The quantitative estimate of drug-likeness (QED) is 0.406. The molecule has 1 N–H and O–H groups in total. The van der Waals surface area contributed by atoms with Gasteiger partial charge in [0.2, 0.25) is 0 Å². The van der Waals surface area contributed by atoms with Crippen LogP contribution >= 0.6 is 0 Å². The number of carbonyl (C=O) groups excluding carboxylic acids is 1. The van der Waals surface area contributed by atoms with Gasteiger partial charge in [0.25, 0.3) is 0 Å². The van der Waals surface area contributed by atoms with Crippen LogP contribution in [0.4, 0.5) is 0 Å². The highest BCUT2D eigenvalue weighted by atomic mass is 16.3. The monoisotopic (exact) mass is 490 g/mol. The molecule has 198 valence electrons. The standard InChI is InChI=1S/C34H50O2/c1-17(2)23-11-9-19(5)29-25(15-23)21(7)13-27(29)31-33(35)32(34(31)36)28-14-22(8)26-16-24(18(3)4)12-10-20(6)30(26)28/h11,13-14,17-20,24-26,28,30-33,35H,9-10,12,15-16H2,1-8H3. The highest BCUT2D eigenvalue weighted by molar-refractivity contribution is 5.95. The maximum Gasteiger partial charge on any atom is 0.149 e. The van der Waals surface area contributed by atoms with Crippen LogP contribution in [0.3, 0.4) is 0 Å². The Hall–Kier alpha value is -1.41. The zero-order chi connectivity index (χ0) is 26.0. The number of hydrogen-bond acceptors (Lipinski definition) is 2. The minimum Gasteiger partial charge on any atom is -0.391 e. The van der Waals surface area contributed by atoms with Gasteiger partial charge < -0.3 is 5.11 Å². The minimum atomic E-state index is -0.542. The van der Waals surface area contributed by atoms with Crippen molar-refractivity contribution in [2.75, 3.05) is 0 Å². The largest absolute Gasteiger partial charge is 0.391 e. The van der Waals surface area contributed by atoms with Gasteiger partial charge in [0.15, 0.2) is 0 Å². The van der Waals surface area contributed by atoms with E-state index in [1.165, 1.54) is 41.6 Å². The Labute approximate surface area is 220 Å². The van der Waals surface area contributed by atoms with E-state index in [-0.39, 0.29) is 17.8 Å². The van der Waals surface area contributed by atoms with E-state index in [0.29, 0.717) is 47.2 Å². The molecule has 0 aromatic carbocycles. The molecule has 36 heavy (non-hydrogen) atoms. The van der Waals surface area contributed by atoms with Crippen molar-refractivity contribution in [2.24, 2.45) is 65.1 Å². The molecular weight excluding hydrogens is 440 g/mol. The van der Waals surface area contributed by atoms with Crippen molar-refractivity contribution in [3.63, 3.8) is 0 Å². The summed E-state index contributed by atoms with van der Waals surface area (Å²) < 4.78 is 0. The summed E-state index contributed by atoms with van der Waals surface area (Å²) in [5.41, 5.74) is 7.05. The molecule has 10 atom stereocenters. The Morgan fingerprint density at radius 2 is 1.75 bits per heavy atom. The number of ketones is 1. The van der Waals surface area contributed by atoms with Crippen molar-refractivity contribution in [3.05, 3.63) is 46.1 Å². The van der Waals surface area contributed by atoms with E-state index in [1.54, 1.807) is 5.57 Å². The van der Waals surface area contributed by atoms with Crippen LogP contribution in [0, 0.1) is 65.1 Å². The lowest BCUT2D eigenvalue weighted by atomic mass is 9.57. The molecule has 5 aliphatic rings. The van der Waals surface area contributed by atoms with E-state index in [0.717, 1.165) is 18.8 Å². The van der Waals surface area contributed by atoms with Crippen molar-refractivity contribution < 1.29 is 9.90 Å². The molecule has 2 saturated carbocycles. The molecule has 0 amide bonds. The highest BCUT2D eigenvalue weighted by Gasteiger charge is 2.58. The predicted molar refractivity (Wildman–Crippen MR) is 149 cm³/mol. The summed E-state index contributed by atoms with van der Waals surface area (Å²) >= 11 is 0. The second kappa shape index (κ2) is 9.72. The molecule has 5 aliphatic carbocycles. The van der Waals surface area contributed by atoms with Crippen LogP contribution in [0.2, 0.25) is 0 Å². The molecule has 0 spiro atoms. The third-order valence-electron chi connectivity index (χ3n) is 11.3. The topological polar surface area (TPSA) is 37.3 Å². The van der Waals surface area contributed by atoms with Crippen LogP contribution in [0.15, 0.2) is 46.1 Å². The predicted octanol–water partition coefficient (Wildman–Crippen LogP) is 7.95. The normalized spacial score (nSPS) is 43.0. The van der Waals surface area contributed by atoms with E-state index in [1.807, 2.05) is 0 Å². The molecule has 0 radical (unpaired) electrons. The molecular formula is C34H50O2. The molecule has 0 aromatic rings. The number of allylic oxidation sites excluding steroid dienone is 7. The third-order valence-corrected chi connectivity index (χ3v) is 11.3. The maximum absolute atomic E-state index is 14.0. The number of Topliss-reactive ketones (excluding diaryl/α,β-unsaturated/α-hetero) is 1. The van der Waals surface area contributed by atoms with E-state index >= 15 is 0 Å². The molecule has 2 heteroatoms. The van der Waals surface area contributed by atoms with Crippen molar-refractivity contribution in [2.45, 2.75) is 93.6 Å². The summed E-state index contributed by atoms with van der Waals surface area (Å²) in [6.07, 6.45) is 12.6. The number of aliphatic hydroxyl groups excluding tert-OH is 1. The van der Waals surface area contributed by atoms with Gasteiger partial charge in [-0.05, 0) is 92.4 Å². The fourth-order valence-electron chi connectivity index (χ4n) is 8.97. The Morgan fingerprint density at radius 1 is 1.03 bits per heavy atom. The summed E-state index contributed by atoms with van der Waals surface area (Å²) in [4.78, 5) is 14.0. The minimum absolute atomic E-state index is 0.211. The first kappa shape index (κ1) is 26.2. The second-order valence-electron chi connectivity index (χ2n) is 14.0. The van der Waals surface area contributed by atoms with Gasteiger partial charge in [0.1, 0.15) is 5.78 Å². The van der Waals surface area contributed by atoms with Crippen molar-refractivity contribution in [1.82, 2.24) is 0 Å². The fraction of sp³-hybridized carbons (Fsp3) is 0.735. The highest BCUT2D eigenvalue weighted by Crippen LogP contribution is 2.57. The summed E-state index contributed by atoms with van der Waals surface area (Å²) in [6, 6.07) is 0. The first-order valence-electron chi connectivity index (χ1n) is 15.0. The Balaban J connectivity index is 1.41. The van der Waals surface area contributed by atoms with Crippen LogP contribution in [-0.4, -0.2) is 17.0 Å². The zero-order valence-electron chi connectivity index (χ0n) is 24.1. The Kier molecular flexibility index (Phi) is 7.07. The summed E-state index contributed by atoms with van der Waals surface area (Å²) in [6.45, 7) is 18.6. The number of rotatable bonds is 4. The van der Waals surface area contributed by atoms with Crippen LogP contribution in [0.25, 0.3) is 0 Å². The summed E-state index contributed by atoms with van der Waals surface area (Å²) in [5.74, 6) is 4.60.